The lowest BCUT2D eigenvalue weighted by Crippen LogP contribution is -2.21. The van der Waals surface area contributed by atoms with Crippen LogP contribution >= 0.6 is 0 Å². The van der Waals surface area contributed by atoms with Gasteiger partial charge in [0.25, 0.3) is 0 Å². The Morgan fingerprint density at radius 3 is 3.33 bits per heavy atom. The molecule has 1 aliphatic rings. The molecule has 3 nitrogen and oxygen atoms in total. The van der Waals surface area contributed by atoms with Crippen LogP contribution in [0.4, 0.5) is 0 Å². The first-order valence-electron chi connectivity index (χ1n) is 4.55. The van der Waals surface area contributed by atoms with Crippen LogP contribution in [0.5, 0.6) is 0 Å². The maximum Gasteiger partial charge on any atom is 0.113 e. The Bertz CT molecular complexity index is 277. The molecule has 1 atom stereocenters. The summed E-state index contributed by atoms with van der Waals surface area (Å²) in [6.07, 6.45) is 4.56. The van der Waals surface area contributed by atoms with Crippen LogP contribution in [0, 0.1) is 6.92 Å². The summed E-state index contributed by atoms with van der Waals surface area (Å²) in [5, 5.41) is 0. The molecule has 1 aromatic rings. The molecule has 0 radical (unpaired) electrons. The lowest BCUT2D eigenvalue weighted by Gasteiger charge is -2.21. The lowest BCUT2D eigenvalue weighted by molar-refractivity contribution is 0.448. The number of imidazole rings is 1. The summed E-state index contributed by atoms with van der Waals surface area (Å²) in [4.78, 5) is 4.49. The summed E-state index contributed by atoms with van der Waals surface area (Å²) in [5.41, 5.74) is 6.79. The molecule has 0 amide bonds. The van der Waals surface area contributed by atoms with Crippen molar-refractivity contribution in [3.63, 3.8) is 0 Å². The maximum absolute atomic E-state index is 5.67. The van der Waals surface area contributed by atoms with Crippen molar-refractivity contribution in [2.45, 2.75) is 32.2 Å². The lowest BCUT2D eigenvalue weighted by atomic mass is 9.99. The maximum atomic E-state index is 5.67. The minimum absolute atomic E-state index is 0.493. The zero-order chi connectivity index (χ0) is 8.55. The summed E-state index contributed by atoms with van der Waals surface area (Å²) in [5.74, 6) is 1.69. The average Bonchev–Trinajstić information content (AvgIpc) is 2.44. The molecule has 0 saturated heterocycles. The van der Waals surface area contributed by atoms with Crippen molar-refractivity contribution >= 4 is 0 Å². The molecule has 2 rings (SSSR count). The van der Waals surface area contributed by atoms with Gasteiger partial charge in [-0.25, -0.2) is 4.98 Å². The zero-order valence-corrected chi connectivity index (χ0v) is 7.45. The van der Waals surface area contributed by atoms with Gasteiger partial charge in [-0.15, -0.1) is 0 Å². The van der Waals surface area contributed by atoms with Crippen molar-refractivity contribution in [2.24, 2.45) is 5.73 Å². The van der Waals surface area contributed by atoms with Crippen LogP contribution in [-0.4, -0.2) is 16.1 Å². The van der Waals surface area contributed by atoms with Crippen molar-refractivity contribution in [1.29, 1.82) is 0 Å². The second kappa shape index (κ2) is 2.90. The highest BCUT2D eigenvalue weighted by Crippen LogP contribution is 2.25. The third-order valence-electron chi connectivity index (χ3n) is 2.53. The first-order valence-corrected chi connectivity index (χ1v) is 4.55. The molecule has 12 heavy (non-hydrogen) atoms. The Labute approximate surface area is 72.6 Å². The largest absolute Gasteiger partial charge is 0.334 e. The monoisotopic (exact) mass is 165 g/mol. The number of fused-ring (bicyclic) bond motifs is 1. The standard InChI is InChI=1S/C9H15N3/c1-7-6-12-4-2-3-8(5-10)9(12)11-7/h6,8H,2-5,10H2,1H3. The van der Waals surface area contributed by atoms with Crippen molar-refractivity contribution in [1.82, 2.24) is 9.55 Å². The van der Waals surface area contributed by atoms with Crippen LogP contribution in [-0.2, 0) is 6.54 Å². The van der Waals surface area contributed by atoms with Crippen LogP contribution in [0.1, 0.15) is 30.3 Å². The topological polar surface area (TPSA) is 43.8 Å². The SMILES string of the molecule is Cc1cn2c(n1)C(CN)CCC2. The molecule has 0 aliphatic carbocycles. The number of aryl methyl sites for hydroxylation is 2. The van der Waals surface area contributed by atoms with Crippen LogP contribution in [0.2, 0.25) is 0 Å². The highest BCUT2D eigenvalue weighted by Gasteiger charge is 2.20. The first-order chi connectivity index (χ1) is 5.81. The van der Waals surface area contributed by atoms with E-state index in [0.717, 1.165) is 18.8 Å². The Morgan fingerprint density at radius 1 is 1.75 bits per heavy atom. The number of nitrogens with two attached hydrogens (primary N) is 1. The highest BCUT2D eigenvalue weighted by molar-refractivity contribution is 5.09. The van der Waals surface area contributed by atoms with Crippen LogP contribution in [0.25, 0.3) is 0 Å². The van der Waals surface area contributed by atoms with E-state index < -0.39 is 0 Å². The predicted octanol–water partition coefficient (Wildman–Crippen LogP) is 1.03. The van der Waals surface area contributed by atoms with Gasteiger partial charge >= 0.3 is 0 Å². The quantitative estimate of drug-likeness (QED) is 0.675. The summed E-state index contributed by atoms with van der Waals surface area (Å²) >= 11 is 0. The Hall–Kier alpha value is -0.830. The van der Waals surface area contributed by atoms with Gasteiger partial charge in [-0.2, -0.15) is 0 Å². The van der Waals surface area contributed by atoms with E-state index in [2.05, 4.69) is 15.7 Å². The molecular weight excluding hydrogens is 150 g/mol. The van der Waals surface area contributed by atoms with Gasteiger partial charge in [0.1, 0.15) is 5.82 Å². The third-order valence-corrected chi connectivity index (χ3v) is 2.53. The van der Waals surface area contributed by atoms with E-state index in [1.807, 2.05) is 6.92 Å². The van der Waals surface area contributed by atoms with Crippen LogP contribution in [0.15, 0.2) is 6.20 Å². The average molecular weight is 165 g/mol. The van der Waals surface area contributed by atoms with E-state index in [0.29, 0.717) is 5.92 Å². The fourth-order valence-corrected chi connectivity index (χ4v) is 1.93. The molecule has 66 valence electrons. The van der Waals surface area contributed by atoms with Crippen molar-refractivity contribution in [3.05, 3.63) is 17.7 Å². The van der Waals surface area contributed by atoms with Crippen molar-refractivity contribution < 1.29 is 0 Å². The number of rotatable bonds is 1. The summed E-state index contributed by atoms with van der Waals surface area (Å²) < 4.78 is 2.25. The molecule has 3 heteroatoms. The van der Waals surface area contributed by atoms with Crippen molar-refractivity contribution in [3.8, 4) is 0 Å². The van der Waals surface area contributed by atoms with E-state index in [1.54, 1.807) is 0 Å². The molecule has 2 N–H and O–H groups in total. The minimum atomic E-state index is 0.493. The number of hydrogen-bond acceptors (Lipinski definition) is 2. The molecular formula is C9H15N3. The van der Waals surface area contributed by atoms with Gasteiger partial charge in [-0.1, -0.05) is 0 Å². The molecule has 0 spiro atoms. The van der Waals surface area contributed by atoms with Gasteiger partial charge in [0.15, 0.2) is 0 Å². The summed E-state index contributed by atoms with van der Waals surface area (Å²) in [6, 6.07) is 0. The number of hydrogen-bond donors (Lipinski definition) is 1. The predicted molar refractivity (Wildman–Crippen MR) is 48.0 cm³/mol. The molecule has 0 saturated carbocycles. The molecule has 0 fully saturated rings. The van der Waals surface area contributed by atoms with Gasteiger partial charge < -0.3 is 10.3 Å². The highest BCUT2D eigenvalue weighted by atomic mass is 15.1. The van der Waals surface area contributed by atoms with Gasteiger partial charge in [-0.05, 0) is 19.8 Å². The first kappa shape index (κ1) is 7.80. The van der Waals surface area contributed by atoms with Gasteiger partial charge in [0.05, 0.1) is 5.69 Å². The van der Waals surface area contributed by atoms with Crippen LogP contribution in [0.3, 0.4) is 0 Å². The van der Waals surface area contributed by atoms with E-state index >= 15 is 0 Å². The Kier molecular flexibility index (Phi) is 1.89. The Morgan fingerprint density at radius 2 is 2.58 bits per heavy atom. The van der Waals surface area contributed by atoms with E-state index in [1.165, 1.54) is 18.7 Å². The van der Waals surface area contributed by atoms with Gasteiger partial charge in [0.2, 0.25) is 0 Å². The molecule has 2 heterocycles. The second-order valence-electron chi connectivity index (χ2n) is 3.51. The van der Waals surface area contributed by atoms with Gasteiger partial charge in [0, 0.05) is 25.2 Å². The van der Waals surface area contributed by atoms with E-state index in [4.69, 9.17) is 5.73 Å². The summed E-state index contributed by atoms with van der Waals surface area (Å²) in [6.45, 7) is 3.89. The molecule has 1 unspecified atom stereocenters. The molecule has 1 aromatic heterocycles. The molecule has 1 aliphatic heterocycles. The number of nitrogens with zero attached hydrogens (tertiary/aromatic N) is 2. The van der Waals surface area contributed by atoms with Crippen molar-refractivity contribution in [2.75, 3.05) is 6.54 Å². The normalized spacial score (nSPS) is 22.3. The van der Waals surface area contributed by atoms with E-state index in [9.17, 15) is 0 Å². The molecule has 0 aromatic carbocycles. The van der Waals surface area contributed by atoms with Crippen LogP contribution < -0.4 is 5.73 Å². The Balaban J connectivity index is 2.36. The fraction of sp³-hybridized carbons (Fsp3) is 0.667. The molecule has 0 bridgehead atoms. The third kappa shape index (κ3) is 1.14. The smallest absolute Gasteiger partial charge is 0.113 e. The second-order valence-corrected chi connectivity index (χ2v) is 3.51. The fourth-order valence-electron chi connectivity index (χ4n) is 1.93. The summed E-state index contributed by atoms with van der Waals surface area (Å²) in [7, 11) is 0. The van der Waals surface area contributed by atoms with E-state index in [-0.39, 0.29) is 0 Å². The zero-order valence-electron chi connectivity index (χ0n) is 7.45. The number of aromatic nitrogens is 2. The van der Waals surface area contributed by atoms with Gasteiger partial charge in [-0.3, -0.25) is 0 Å². The minimum Gasteiger partial charge on any atom is -0.334 e.